The van der Waals surface area contributed by atoms with Gasteiger partial charge in [0.2, 0.25) is 0 Å². The molecule has 0 aliphatic carbocycles. The van der Waals surface area contributed by atoms with Gasteiger partial charge in [0.1, 0.15) is 5.82 Å². The zero-order chi connectivity index (χ0) is 9.97. The van der Waals surface area contributed by atoms with Crippen LogP contribution in [0.5, 0.6) is 0 Å². The third kappa shape index (κ3) is 2.97. The highest BCUT2D eigenvalue weighted by molar-refractivity contribution is 9.10. The Balaban J connectivity index is 0.00000112. The van der Waals surface area contributed by atoms with Gasteiger partial charge in [0.05, 0.1) is 12.7 Å². The number of aromatic nitrogens is 2. The smallest absolute Gasteiger partial charge is 0.122 e. The number of nitrogens with two attached hydrogens (primary N) is 1. The van der Waals surface area contributed by atoms with Gasteiger partial charge in [0.25, 0.3) is 0 Å². The zero-order valence-corrected chi connectivity index (χ0v) is 10.3. The number of hydrogen-bond acceptors (Lipinski definition) is 2. The topological polar surface area (TPSA) is 43.8 Å². The lowest BCUT2D eigenvalue weighted by Gasteiger charge is -2.04. The van der Waals surface area contributed by atoms with Gasteiger partial charge in [0, 0.05) is 4.47 Å². The Hall–Kier alpha value is -1.000. The van der Waals surface area contributed by atoms with Crippen LogP contribution in [0.15, 0.2) is 41.0 Å². The van der Waals surface area contributed by atoms with Gasteiger partial charge in [-0.1, -0.05) is 28.1 Å². The highest BCUT2D eigenvalue weighted by Gasteiger charge is 1.99. The molecule has 0 saturated carbocycles. The van der Waals surface area contributed by atoms with Crippen molar-refractivity contribution in [3.05, 3.63) is 46.6 Å². The van der Waals surface area contributed by atoms with Crippen molar-refractivity contribution in [2.75, 3.05) is 5.73 Å². The maximum Gasteiger partial charge on any atom is 0.122 e. The van der Waals surface area contributed by atoms with Crippen LogP contribution >= 0.6 is 28.3 Å². The number of benzene rings is 1. The van der Waals surface area contributed by atoms with E-state index < -0.39 is 0 Å². The van der Waals surface area contributed by atoms with Crippen LogP contribution in [0.4, 0.5) is 5.82 Å². The molecule has 3 nitrogen and oxygen atoms in total. The molecule has 80 valence electrons. The molecule has 2 rings (SSSR count). The molecule has 0 saturated heterocycles. The van der Waals surface area contributed by atoms with Gasteiger partial charge in [-0.05, 0) is 23.8 Å². The molecule has 2 aromatic rings. The number of halogens is 2. The van der Waals surface area contributed by atoms with Crippen LogP contribution in [0, 0.1) is 0 Å². The molecule has 5 heteroatoms. The monoisotopic (exact) mass is 287 g/mol. The normalized spacial score (nSPS) is 9.67. The highest BCUT2D eigenvalue weighted by Crippen LogP contribution is 2.13. The van der Waals surface area contributed by atoms with E-state index in [4.69, 9.17) is 5.73 Å². The van der Waals surface area contributed by atoms with E-state index in [1.54, 1.807) is 16.9 Å². The van der Waals surface area contributed by atoms with E-state index >= 15 is 0 Å². The summed E-state index contributed by atoms with van der Waals surface area (Å²) in [5.74, 6) is 0.685. The SMILES string of the molecule is Cl.Nc1ccnn1Cc1cccc(Br)c1. The maximum absolute atomic E-state index is 5.72. The van der Waals surface area contributed by atoms with Crippen LogP contribution in [0.2, 0.25) is 0 Å². The Morgan fingerprint density at radius 3 is 2.73 bits per heavy atom. The van der Waals surface area contributed by atoms with Crippen molar-refractivity contribution in [3.63, 3.8) is 0 Å². The third-order valence-corrected chi connectivity index (χ3v) is 2.46. The first-order valence-corrected chi connectivity index (χ1v) is 5.07. The van der Waals surface area contributed by atoms with Crippen LogP contribution < -0.4 is 5.73 Å². The van der Waals surface area contributed by atoms with E-state index in [0.29, 0.717) is 12.4 Å². The number of nitrogens with zero attached hydrogens (tertiary/aromatic N) is 2. The summed E-state index contributed by atoms with van der Waals surface area (Å²) < 4.78 is 2.84. The summed E-state index contributed by atoms with van der Waals surface area (Å²) in [7, 11) is 0. The van der Waals surface area contributed by atoms with Gasteiger partial charge in [-0.15, -0.1) is 12.4 Å². The molecule has 0 aliphatic rings. The minimum atomic E-state index is 0. The molecule has 1 heterocycles. The fraction of sp³-hybridized carbons (Fsp3) is 0.100. The maximum atomic E-state index is 5.72. The molecule has 0 spiro atoms. The third-order valence-electron chi connectivity index (χ3n) is 1.97. The molecule has 1 aromatic heterocycles. The second kappa shape index (κ2) is 5.19. The van der Waals surface area contributed by atoms with Gasteiger partial charge in [-0.2, -0.15) is 5.10 Å². The van der Waals surface area contributed by atoms with Gasteiger partial charge < -0.3 is 5.73 Å². The average Bonchev–Trinajstić information content (AvgIpc) is 2.52. The lowest BCUT2D eigenvalue weighted by molar-refractivity contribution is 0.697. The summed E-state index contributed by atoms with van der Waals surface area (Å²) in [4.78, 5) is 0. The molecule has 0 bridgehead atoms. The van der Waals surface area contributed by atoms with Crippen molar-refractivity contribution < 1.29 is 0 Å². The molecule has 0 unspecified atom stereocenters. The second-order valence-corrected chi connectivity index (χ2v) is 3.96. The first-order chi connectivity index (χ1) is 6.75. The van der Waals surface area contributed by atoms with E-state index in [1.807, 2.05) is 18.2 Å². The number of rotatable bonds is 2. The highest BCUT2D eigenvalue weighted by atomic mass is 79.9. The summed E-state index contributed by atoms with van der Waals surface area (Å²) in [6.45, 7) is 0.707. The van der Waals surface area contributed by atoms with Crippen LogP contribution in [0.25, 0.3) is 0 Å². The Bertz CT molecular complexity index is 442. The average molecular weight is 289 g/mol. The van der Waals surface area contributed by atoms with Gasteiger partial charge >= 0.3 is 0 Å². The standard InChI is InChI=1S/C10H10BrN3.ClH/c11-9-3-1-2-8(6-9)7-14-10(12)4-5-13-14;/h1-6H,7,12H2;1H. The minimum Gasteiger partial charge on any atom is -0.384 e. The van der Waals surface area contributed by atoms with E-state index in [9.17, 15) is 0 Å². The van der Waals surface area contributed by atoms with Crippen molar-refractivity contribution in [2.45, 2.75) is 6.54 Å². The number of anilines is 1. The molecule has 2 N–H and O–H groups in total. The largest absolute Gasteiger partial charge is 0.384 e. The molecule has 15 heavy (non-hydrogen) atoms. The molecule has 0 aliphatic heterocycles. The molecule has 0 radical (unpaired) electrons. The van der Waals surface area contributed by atoms with Gasteiger partial charge in [-0.3, -0.25) is 0 Å². The molecular formula is C10H11BrClN3. The molecule has 0 amide bonds. The summed E-state index contributed by atoms with van der Waals surface area (Å²) in [5, 5.41) is 4.12. The van der Waals surface area contributed by atoms with Crippen LogP contribution in [0.3, 0.4) is 0 Å². The Morgan fingerprint density at radius 2 is 2.13 bits per heavy atom. The minimum absolute atomic E-state index is 0. The summed E-state index contributed by atoms with van der Waals surface area (Å²) in [6.07, 6.45) is 1.70. The van der Waals surface area contributed by atoms with Gasteiger partial charge in [-0.25, -0.2) is 4.68 Å². The second-order valence-electron chi connectivity index (χ2n) is 3.04. The van der Waals surface area contributed by atoms with Crippen LogP contribution in [-0.4, -0.2) is 9.78 Å². The fourth-order valence-corrected chi connectivity index (χ4v) is 1.73. The van der Waals surface area contributed by atoms with Crippen molar-refractivity contribution in [1.82, 2.24) is 9.78 Å². The zero-order valence-electron chi connectivity index (χ0n) is 7.93. The Labute approximate surface area is 103 Å². The lowest BCUT2D eigenvalue weighted by atomic mass is 10.2. The van der Waals surface area contributed by atoms with Gasteiger partial charge in [0.15, 0.2) is 0 Å². The van der Waals surface area contributed by atoms with Crippen molar-refractivity contribution in [1.29, 1.82) is 0 Å². The molecular weight excluding hydrogens is 277 g/mol. The quantitative estimate of drug-likeness (QED) is 0.923. The predicted octanol–water partition coefficient (Wildman–Crippen LogP) is 2.70. The van der Waals surface area contributed by atoms with Crippen LogP contribution in [0.1, 0.15) is 5.56 Å². The molecule has 1 aromatic carbocycles. The van der Waals surface area contributed by atoms with Crippen LogP contribution in [-0.2, 0) is 6.54 Å². The van der Waals surface area contributed by atoms with E-state index in [0.717, 1.165) is 4.47 Å². The molecule has 0 atom stereocenters. The molecule has 0 fully saturated rings. The van der Waals surface area contributed by atoms with E-state index in [2.05, 4.69) is 27.1 Å². The van der Waals surface area contributed by atoms with Crippen molar-refractivity contribution in [3.8, 4) is 0 Å². The summed E-state index contributed by atoms with van der Waals surface area (Å²) in [5.41, 5.74) is 6.89. The predicted molar refractivity (Wildman–Crippen MR) is 67.1 cm³/mol. The first-order valence-electron chi connectivity index (χ1n) is 4.27. The number of nitrogen functional groups attached to an aromatic ring is 1. The Kier molecular flexibility index (Phi) is 4.17. The lowest BCUT2D eigenvalue weighted by Crippen LogP contribution is -2.05. The van der Waals surface area contributed by atoms with E-state index in [1.165, 1.54) is 5.56 Å². The fourth-order valence-electron chi connectivity index (χ4n) is 1.28. The summed E-state index contributed by atoms with van der Waals surface area (Å²) in [6, 6.07) is 9.89. The summed E-state index contributed by atoms with van der Waals surface area (Å²) >= 11 is 3.42. The first kappa shape index (κ1) is 12.1. The Morgan fingerprint density at radius 1 is 1.33 bits per heavy atom. The number of hydrogen-bond donors (Lipinski definition) is 1. The van der Waals surface area contributed by atoms with Crippen molar-refractivity contribution >= 4 is 34.2 Å². The van der Waals surface area contributed by atoms with Crippen molar-refractivity contribution in [2.24, 2.45) is 0 Å². The van der Waals surface area contributed by atoms with E-state index in [-0.39, 0.29) is 12.4 Å².